The van der Waals surface area contributed by atoms with Crippen molar-refractivity contribution in [3.63, 3.8) is 0 Å². The normalized spacial score (nSPS) is 14.5. The zero-order valence-corrected chi connectivity index (χ0v) is 28.3. The maximum absolute atomic E-state index is 13.9. The van der Waals surface area contributed by atoms with E-state index in [1.54, 1.807) is 23.0 Å². The van der Waals surface area contributed by atoms with Crippen LogP contribution in [0.5, 0.6) is 0 Å². The van der Waals surface area contributed by atoms with Crippen molar-refractivity contribution >= 4 is 36.4 Å². The first-order valence-corrected chi connectivity index (χ1v) is 17.9. The number of pyridine rings is 1. The summed E-state index contributed by atoms with van der Waals surface area (Å²) in [5, 5.41) is 7.93. The summed E-state index contributed by atoms with van der Waals surface area (Å²) < 4.78 is 7.01. The Morgan fingerprint density at radius 3 is 2.23 bits per heavy atom. The third kappa shape index (κ3) is 6.17. The number of aromatic nitrogens is 4. The fraction of sp³-hybridized carbons (Fsp3) is 0.471. The van der Waals surface area contributed by atoms with Crippen molar-refractivity contribution in [2.45, 2.75) is 71.6 Å². The first-order chi connectivity index (χ1) is 21.0. The molecule has 0 spiro atoms. The van der Waals surface area contributed by atoms with Gasteiger partial charge in [-0.3, -0.25) is 9.36 Å². The van der Waals surface area contributed by atoms with E-state index in [1.165, 1.54) is 5.69 Å². The molecule has 0 bridgehead atoms. The second-order valence-corrected chi connectivity index (χ2v) is 18.5. The van der Waals surface area contributed by atoms with E-state index in [-0.39, 0.29) is 12.1 Å². The summed E-state index contributed by atoms with van der Waals surface area (Å²) in [5.74, 6) is 4.52. The number of hydrogen-bond acceptors (Lipinski definition) is 8. The average Bonchev–Trinajstić information content (AvgIpc) is 3.51. The van der Waals surface area contributed by atoms with Crippen LogP contribution >= 0.6 is 0 Å². The molecule has 0 amide bonds. The van der Waals surface area contributed by atoms with Crippen LogP contribution < -0.4 is 15.8 Å². The molecule has 232 valence electrons. The van der Waals surface area contributed by atoms with Crippen LogP contribution in [0.15, 0.2) is 52.0 Å². The summed E-state index contributed by atoms with van der Waals surface area (Å²) >= 11 is 0. The molecule has 1 aromatic carbocycles. The Hall–Kier alpha value is -3.94. The van der Waals surface area contributed by atoms with Gasteiger partial charge in [0.05, 0.1) is 18.1 Å². The summed E-state index contributed by atoms with van der Waals surface area (Å²) in [7, 11) is 0.122. The smallest absolute Gasteiger partial charge is 0.256 e. The second kappa shape index (κ2) is 13.0. The molecule has 1 saturated heterocycles. The zero-order valence-electron chi connectivity index (χ0n) is 27.3. The highest BCUT2D eigenvalue weighted by Gasteiger charge is 2.41. The molecular weight excluding hydrogens is 567 g/mol. The number of likely N-dealkylation sites (N-methyl/N-ethyl adjacent to an activating group) is 1. The predicted molar refractivity (Wildman–Crippen MR) is 182 cm³/mol. The van der Waals surface area contributed by atoms with Gasteiger partial charge in [-0.15, -0.1) is 5.54 Å². The van der Waals surface area contributed by atoms with Gasteiger partial charge in [0.2, 0.25) is 5.95 Å². The standard InChI is InChI=1S/C34H45N7O2Si/c1-23(2)44(24(3)4,25(5)6)20-14-30-26(7)33(42)41(22-29-13-15-36-43-29)32-31(30)21-35-34(38-32)37-27-9-11-28(12-10-27)40-18-16-39(8)17-19-40/h9-13,15,21,23-25H,16-19,22H2,1-8H3,(H,35,37,38). The molecule has 44 heavy (non-hydrogen) atoms. The molecular formula is C34H45N7O2Si. The maximum Gasteiger partial charge on any atom is 0.256 e. The monoisotopic (exact) mass is 611 g/mol. The van der Waals surface area contributed by atoms with Gasteiger partial charge in [0.15, 0.2) is 5.76 Å². The molecule has 0 aliphatic carbocycles. The van der Waals surface area contributed by atoms with Crippen LogP contribution in [0.1, 0.15) is 58.4 Å². The SMILES string of the molecule is Cc1c(C#C[Si](C(C)C)(C(C)C)C(C)C)c2cnc(Nc3ccc(N4CCN(C)CC4)cc3)nc2n(Cc2ccno2)c1=O. The molecule has 1 aliphatic heterocycles. The lowest BCUT2D eigenvalue weighted by molar-refractivity contribution is 0.313. The third-order valence-corrected chi connectivity index (χ3v) is 15.6. The van der Waals surface area contributed by atoms with E-state index >= 15 is 0 Å². The van der Waals surface area contributed by atoms with E-state index in [2.05, 4.69) is 92.5 Å². The lowest BCUT2D eigenvalue weighted by Gasteiger charge is -2.38. The average molecular weight is 612 g/mol. The minimum Gasteiger partial charge on any atom is -0.369 e. The van der Waals surface area contributed by atoms with Crippen molar-refractivity contribution in [3.8, 4) is 11.5 Å². The number of nitrogens with one attached hydrogen (secondary N) is 1. The summed E-state index contributed by atoms with van der Waals surface area (Å²) in [6, 6.07) is 10.1. The van der Waals surface area contributed by atoms with Crippen LogP contribution in [0.2, 0.25) is 16.6 Å². The van der Waals surface area contributed by atoms with Crippen molar-refractivity contribution in [1.82, 2.24) is 24.6 Å². The molecule has 3 aromatic heterocycles. The van der Waals surface area contributed by atoms with Crippen molar-refractivity contribution in [2.75, 3.05) is 43.4 Å². The van der Waals surface area contributed by atoms with Crippen molar-refractivity contribution < 1.29 is 4.52 Å². The molecule has 9 nitrogen and oxygen atoms in total. The van der Waals surface area contributed by atoms with Gasteiger partial charge < -0.3 is 19.6 Å². The molecule has 10 heteroatoms. The molecule has 0 radical (unpaired) electrons. The van der Waals surface area contributed by atoms with Crippen LogP contribution in [0.4, 0.5) is 17.3 Å². The first-order valence-electron chi connectivity index (χ1n) is 15.6. The largest absolute Gasteiger partial charge is 0.369 e. The summed E-state index contributed by atoms with van der Waals surface area (Å²) in [4.78, 5) is 28.2. The molecule has 4 aromatic rings. The quantitative estimate of drug-likeness (QED) is 0.186. The van der Waals surface area contributed by atoms with Gasteiger partial charge in [-0.25, -0.2) is 4.98 Å². The number of benzene rings is 1. The fourth-order valence-corrected chi connectivity index (χ4v) is 12.0. The maximum atomic E-state index is 13.9. The molecule has 0 saturated carbocycles. The van der Waals surface area contributed by atoms with Gasteiger partial charge in [-0.1, -0.05) is 52.6 Å². The van der Waals surface area contributed by atoms with Crippen LogP contribution in [-0.4, -0.2) is 65.9 Å². The predicted octanol–water partition coefficient (Wildman–Crippen LogP) is 6.20. The highest BCUT2D eigenvalue weighted by molar-refractivity contribution is 6.90. The van der Waals surface area contributed by atoms with E-state index in [4.69, 9.17) is 14.5 Å². The second-order valence-electron chi connectivity index (χ2n) is 12.9. The van der Waals surface area contributed by atoms with Gasteiger partial charge in [0.25, 0.3) is 5.56 Å². The molecule has 1 fully saturated rings. The Morgan fingerprint density at radius 1 is 0.977 bits per heavy atom. The molecule has 0 unspecified atom stereocenters. The number of rotatable bonds is 8. The summed E-state index contributed by atoms with van der Waals surface area (Å²) in [6.07, 6.45) is 3.37. The number of hydrogen-bond donors (Lipinski definition) is 1. The van der Waals surface area contributed by atoms with Gasteiger partial charge in [0.1, 0.15) is 13.7 Å². The number of anilines is 3. The minimum absolute atomic E-state index is 0.148. The van der Waals surface area contributed by atoms with E-state index < -0.39 is 8.07 Å². The van der Waals surface area contributed by atoms with E-state index in [0.29, 0.717) is 45.1 Å². The summed E-state index contributed by atoms with van der Waals surface area (Å²) in [5.41, 5.74) is 8.96. The van der Waals surface area contributed by atoms with E-state index in [9.17, 15) is 4.79 Å². The molecule has 0 atom stereocenters. The fourth-order valence-electron chi connectivity index (χ4n) is 6.76. The van der Waals surface area contributed by atoms with Gasteiger partial charge in [-0.05, 0) is 54.9 Å². The number of piperazine rings is 1. The first kappa shape index (κ1) is 31.5. The Morgan fingerprint density at radius 2 is 1.64 bits per heavy atom. The van der Waals surface area contributed by atoms with Crippen LogP contribution in [-0.2, 0) is 6.54 Å². The lowest BCUT2D eigenvalue weighted by atomic mass is 10.1. The van der Waals surface area contributed by atoms with Gasteiger partial charge >= 0.3 is 0 Å². The number of fused-ring (bicyclic) bond motifs is 1. The van der Waals surface area contributed by atoms with Crippen LogP contribution in [0.25, 0.3) is 11.0 Å². The highest BCUT2D eigenvalue weighted by atomic mass is 28.3. The van der Waals surface area contributed by atoms with Crippen molar-refractivity contribution in [1.29, 1.82) is 0 Å². The molecule has 1 aliphatic rings. The molecule has 1 N–H and O–H groups in total. The Labute approximate surface area is 261 Å². The Bertz CT molecular complexity index is 1690. The van der Waals surface area contributed by atoms with Crippen molar-refractivity contribution in [3.05, 3.63) is 70.0 Å². The van der Waals surface area contributed by atoms with Gasteiger partial charge in [-0.2, -0.15) is 4.98 Å². The highest BCUT2D eigenvalue weighted by Crippen LogP contribution is 2.41. The minimum atomic E-state index is -2.04. The molecule has 4 heterocycles. The summed E-state index contributed by atoms with van der Waals surface area (Å²) in [6.45, 7) is 20.0. The van der Waals surface area contributed by atoms with Crippen molar-refractivity contribution in [2.24, 2.45) is 0 Å². The van der Waals surface area contributed by atoms with Crippen LogP contribution in [0, 0.1) is 18.4 Å². The number of nitrogens with zero attached hydrogens (tertiary/aromatic N) is 6. The van der Waals surface area contributed by atoms with E-state index in [1.807, 2.05) is 19.1 Å². The Balaban J connectivity index is 1.57. The molecule has 5 rings (SSSR count). The third-order valence-electron chi connectivity index (χ3n) is 9.30. The zero-order chi connectivity index (χ0) is 31.6. The van der Waals surface area contributed by atoms with Gasteiger partial charge in [0, 0.05) is 60.9 Å². The topological polar surface area (TPSA) is 92.3 Å². The van der Waals surface area contributed by atoms with Crippen LogP contribution in [0.3, 0.4) is 0 Å². The Kier molecular flexibility index (Phi) is 9.28. The lowest BCUT2D eigenvalue weighted by Crippen LogP contribution is -2.44. The van der Waals surface area contributed by atoms with E-state index in [0.717, 1.165) is 37.3 Å².